The molecule has 3 rings (SSSR count). The molecule has 2 aromatic carbocycles. The third kappa shape index (κ3) is 4.66. The van der Waals surface area contributed by atoms with Gasteiger partial charge in [0.1, 0.15) is 12.1 Å². The monoisotopic (exact) mass is 489 g/mol. The Balaban J connectivity index is 1.59. The van der Waals surface area contributed by atoms with Crippen LogP contribution in [0.4, 0.5) is 4.79 Å². The average molecular weight is 490 g/mol. The molecule has 2 N–H and O–H groups in total. The summed E-state index contributed by atoms with van der Waals surface area (Å²) in [6, 6.07) is 12.1. The van der Waals surface area contributed by atoms with E-state index in [1.165, 1.54) is 0 Å². The second-order valence-electron chi connectivity index (χ2n) is 7.22. The van der Waals surface area contributed by atoms with Crippen molar-refractivity contribution in [1.82, 2.24) is 15.5 Å². The summed E-state index contributed by atoms with van der Waals surface area (Å²) in [6.07, 6.45) is 0.556. The first-order chi connectivity index (χ1) is 14.8. The molecular weight excluding hydrogens is 466 g/mol. The molecule has 0 radical (unpaired) electrons. The Kier molecular flexibility index (Phi) is 6.84. The Hall–Kier alpha value is -3.07. The highest BCUT2D eigenvalue weighted by molar-refractivity contribution is 9.10. The van der Waals surface area contributed by atoms with Crippen molar-refractivity contribution in [2.24, 2.45) is 0 Å². The molecule has 1 aliphatic heterocycles. The lowest BCUT2D eigenvalue weighted by molar-refractivity contribution is -0.134. The Morgan fingerprint density at radius 1 is 1.13 bits per heavy atom. The number of amides is 4. The third-order valence-electron chi connectivity index (χ3n) is 5.17. The quantitative estimate of drug-likeness (QED) is 0.555. The van der Waals surface area contributed by atoms with E-state index in [0.29, 0.717) is 34.5 Å². The van der Waals surface area contributed by atoms with Crippen LogP contribution < -0.4 is 20.1 Å². The van der Waals surface area contributed by atoms with E-state index >= 15 is 0 Å². The predicted octanol–water partition coefficient (Wildman–Crippen LogP) is 2.59. The standard InChI is InChI=1S/C22H24BrN3O5/c1-22(15-6-4-5-7-16(15)23)20(28)26(21(29)25-22)13-19(27)24-11-10-14-8-9-17(30-2)18(12-14)31-3/h4-9,12H,10-11,13H2,1-3H3,(H,24,27)(H,25,29)/t22-/m1/s1. The average Bonchev–Trinajstić information content (AvgIpc) is 2.97. The van der Waals surface area contributed by atoms with Gasteiger partial charge in [0, 0.05) is 16.6 Å². The van der Waals surface area contributed by atoms with Crippen LogP contribution in [0, 0.1) is 0 Å². The van der Waals surface area contributed by atoms with Gasteiger partial charge in [0.2, 0.25) is 5.91 Å². The number of methoxy groups -OCH3 is 2. The number of halogens is 1. The molecule has 164 valence electrons. The molecule has 2 aromatic rings. The van der Waals surface area contributed by atoms with Crippen molar-refractivity contribution in [3.8, 4) is 11.5 Å². The Labute approximate surface area is 189 Å². The number of hydrogen-bond acceptors (Lipinski definition) is 5. The van der Waals surface area contributed by atoms with E-state index in [1.54, 1.807) is 45.4 Å². The van der Waals surface area contributed by atoms with E-state index in [0.717, 1.165) is 10.5 Å². The molecule has 1 atom stereocenters. The molecular formula is C22H24BrN3O5. The number of rotatable bonds is 8. The van der Waals surface area contributed by atoms with Crippen molar-refractivity contribution in [1.29, 1.82) is 0 Å². The van der Waals surface area contributed by atoms with Crippen LogP contribution in [0.3, 0.4) is 0 Å². The van der Waals surface area contributed by atoms with E-state index < -0.39 is 23.4 Å². The number of ether oxygens (including phenoxy) is 2. The lowest BCUT2D eigenvalue weighted by Crippen LogP contribution is -2.43. The molecule has 0 bridgehead atoms. The molecule has 1 fully saturated rings. The van der Waals surface area contributed by atoms with Gasteiger partial charge >= 0.3 is 6.03 Å². The lowest BCUT2D eigenvalue weighted by Gasteiger charge is -2.23. The van der Waals surface area contributed by atoms with Gasteiger partial charge in [-0.05, 0) is 37.1 Å². The van der Waals surface area contributed by atoms with Gasteiger partial charge in [-0.1, -0.05) is 40.2 Å². The Morgan fingerprint density at radius 3 is 2.52 bits per heavy atom. The number of imide groups is 1. The maximum Gasteiger partial charge on any atom is 0.325 e. The van der Waals surface area contributed by atoms with Crippen LogP contribution in [-0.2, 0) is 21.5 Å². The first-order valence-corrected chi connectivity index (χ1v) is 10.5. The van der Waals surface area contributed by atoms with E-state index in [1.807, 2.05) is 18.2 Å². The second-order valence-corrected chi connectivity index (χ2v) is 8.07. The zero-order valence-corrected chi connectivity index (χ0v) is 19.1. The van der Waals surface area contributed by atoms with Crippen molar-refractivity contribution in [3.05, 3.63) is 58.1 Å². The van der Waals surface area contributed by atoms with E-state index in [-0.39, 0.29) is 6.54 Å². The minimum absolute atomic E-state index is 0.347. The molecule has 0 spiro atoms. The summed E-state index contributed by atoms with van der Waals surface area (Å²) in [5, 5.41) is 5.45. The van der Waals surface area contributed by atoms with E-state index in [4.69, 9.17) is 9.47 Å². The highest BCUT2D eigenvalue weighted by atomic mass is 79.9. The SMILES string of the molecule is COc1ccc(CCNC(=O)CN2C(=O)N[C@](C)(c3ccccc3Br)C2=O)cc1OC. The summed E-state index contributed by atoms with van der Waals surface area (Å²) in [7, 11) is 3.12. The molecule has 4 amide bonds. The number of benzene rings is 2. The molecule has 1 aliphatic rings. The molecule has 0 saturated carbocycles. The molecule has 1 saturated heterocycles. The number of nitrogens with one attached hydrogen (secondary N) is 2. The molecule has 0 unspecified atom stereocenters. The first-order valence-electron chi connectivity index (χ1n) is 9.67. The number of carbonyl (C=O) groups is 3. The fraction of sp³-hybridized carbons (Fsp3) is 0.318. The molecule has 9 heteroatoms. The summed E-state index contributed by atoms with van der Waals surface area (Å²) in [5.41, 5.74) is 0.344. The summed E-state index contributed by atoms with van der Waals surface area (Å²) in [5.74, 6) is 0.346. The minimum atomic E-state index is -1.24. The van der Waals surface area contributed by atoms with Crippen molar-refractivity contribution in [2.45, 2.75) is 18.9 Å². The van der Waals surface area contributed by atoms with Gasteiger partial charge in [-0.15, -0.1) is 0 Å². The van der Waals surface area contributed by atoms with Gasteiger partial charge < -0.3 is 20.1 Å². The van der Waals surface area contributed by atoms with Gasteiger partial charge in [0.05, 0.1) is 14.2 Å². The van der Waals surface area contributed by atoms with Gasteiger partial charge in [-0.3, -0.25) is 14.5 Å². The molecule has 8 nitrogen and oxygen atoms in total. The van der Waals surface area contributed by atoms with Crippen LogP contribution in [0.5, 0.6) is 11.5 Å². The topological polar surface area (TPSA) is 97.0 Å². The smallest absolute Gasteiger partial charge is 0.325 e. The van der Waals surface area contributed by atoms with Crippen molar-refractivity contribution in [3.63, 3.8) is 0 Å². The third-order valence-corrected chi connectivity index (χ3v) is 5.86. The molecule has 0 aliphatic carbocycles. The number of nitrogens with zero attached hydrogens (tertiary/aromatic N) is 1. The van der Waals surface area contributed by atoms with Gasteiger partial charge in [0.25, 0.3) is 5.91 Å². The van der Waals surface area contributed by atoms with Crippen LogP contribution in [0.1, 0.15) is 18.1 Å². The number of hydrogen-bond donors (Lipinski definition) is 2. The normalized spacial score (nSPS) is 18.0. The lowest BCUT2D eigenvalue weighted by atomic mass is 9.92. The van der Waals surface area contributed by atoms with Crippen LogP contribution in [0.25, 0.3) is 0 Å². The predicted molar refractivity (Wildman–Crippen MR) is 118 cm³/mol. The summed E-state index contributed by atoms with van der Waals surface area (Å²) in [6.45, 7) is 1.62. The Morgan fingerprint density at radius 2 is 1.84 bits per heavy atom. The van der Waals surface area contributed by atoms with Gasteiger partial charge in [0.15, 0.2) is 11.5 Å². The first kappa shape index (κ1) is 22.6. The minimum Gasteiger partial charge on any atom is -0.493 e. The molecule has 31 heavy (non-hydrogen) atoms. The largest absolute Gasteiger partial charge is 0.493 e. The highest BCUT2D eigenvalue weighted by Gasteiger charge is 2.50. The fourth-order valence-electron chi connectivity index (χ4n) is 3.47. The van der Waals surface area contributed by atoms with Crippen LogP contribution in [0.15, 0.2) is 46.9 Å². The number of carbonyl (C=O) groups excluding carboxylic acids is 3. The molecule has 1 heterocycles. The zero-order chi connectivity index (χ0) is 22.6. The highest BCUT2D eigenvalue weighted by Crippen LogP contribution is 2.33. The maximum atomic E-state index is 13.0. The van der Waals surface area contributed by atoms with E-state index in [9.17, 15) is 14.4 Å². The van der Waals surface area contributed by atoms with Crippen molar-refractivity contribution < 1.29 is 23.9 Å². The van der Waals surface area contributed by atoms with Crippen LogP contribution in [0.2, 0.25) is 0 Å². The zero-order valence-electron chi connectivity index (χ0n) is 17.5. The number of urea groups is 1. The molecule has 0 aromatic heterocycles. The maximum absolute atomic E-state index is 13.0. The summed E-state index contributed by atoms with van der Waals surface area (Å²) >= 11 is 3.42. The van der Waals surface area contributed by atoms with Crippen LogP contribution in [-0.4, -0.2) is 50.1 Å². The van der Waals surface area contributed by atoms with Gasteiger partial charge in [-0.25, -0.2) is 4.79 Å². The summed E-state index contributed by atoms with van der Waals surface area (Å²) < 4.78 is 11.2. The van der Waals surface area contributed by atoms with Crippen molar-refractivity contribution in [2.75, 3.05) is 27.3 Å². The summed E-state index contributed by atoms with van der Waals surface area (Å²) in [4.78, 5) is 38.7. The van der Waals surface area contributed by atoms with Gasteiger partial charge in [-0.2, -0.15) is 0 Å². The van der Waals surface area contributed by atoms with E-state index in [2.05, 4.69) is 26.6 Å². The fourth-order valence-corrected chi connectivity index (χ4v) is 4.15. The second kappa shape index (κ2) is 9.38. The van der Waals surface area contributed by atoms with Crippen LogP contribution >= 0.6 is 15.9 Å². The van der Waals surface area contributed by atoms with Crippen molar-refractivity contribution >= 4 is 33.8 Å². The Bertz CT molecular complexity index is 1010.